The Labute approximate surface area is 113 Å². The normalized spacial score (nSPS) is 12.0. The number of aryl methyl sites for hydroxylation is 2. The first kappa shape index (κ1) is 15.5. The molecule has 1 aromatic carbocycles. The van der Waals surface area contributed by atoms with Crippen LogP contribution in [-0.4, -0.2) is 44.0 Å². The zero-order valence-corrected chi connectivity index (χ0v) is 11.6. The minimum atomic E-state index is -0.677. The Kier molecular flexibility index (Phi) is 6.32. The molecule has 1 rings (SSSR count). The number of esters is 1. The molecule has 5 nitrogen and oxygen atoms in total. The molecule has 2 N–H and O–H groups in total. The van der Waals surface area contributed by atoms with Crippen LogP contribution in [0.4, 0.5) is 0 Å². The van der Waals surface area contributed by atoms with Crippen LogP contribution in [0.15, 0.2) is 18.2 Å². The van der Waals surface area contributed by atoms with Gasteiger partial charge in [0.25, 0.3) is 0 Å². The maximum Gasteiger partial charge on any atom is 0.319 e. The first-order valence-corrected chi connectivity index (χ1v) is 6.19. The van der Waals surface area contributed by atoms with Crippen LogP contribution in [-0.2, 0) is 9.53 Å². The molecule has 1 aromatic rings. The van der Waals surface area contributed by atoms with E-state index in [0.29, 0.717) is 0 Å². The van der Waals surface area contributed by atoms with Gasteiger partial charge in [-0.25, -0.2) is 0 Å². The quantitative estimate of drug-likeness (QED) is 0.715. The molecule has 0 radical (unpaired) electrons. The van der Waals surface area contributed by atoms with Gasteiger partial charge in [0.15, 0.2) is 0 Å². The van der Waals surface area contributed by atoms with Crippen LogP contribution < -0.4 is 10.1 Å². The van der Waals surface area contributed by atoms with E-state index in [-0.39, 0.29) is 25.7 Å². The van der Waals surface area contributed by atoms with E-state index in [1.165, 1.54) is 7.11 Å². The maximum atomic E-state index is 10.9. The summed E-state index contributed by atoms with van der Waals surface area (Å²) in [7, 11) is 1.32. The number of rotatable bonds is 7. The van der Waals surface area contributed by atoms with Gasteiger partial charge in [-0.2, -0.15) is 0 Å². The van der Waals surface area contributed by atoms with Gasteiger partial charge in [-0.1, -0.05) is 18.2 Å². The van der Waals surface area contributed by atoms with E-state index in [2.05, 4.69) is 10.1 Å². The monoisotopic (exact) mass is 267 g/mol. The van der Waals surface area contributed by atoms with Crippen molar-refractivity contribution in [3.63, 3.8) is 0 Å². The second kappa shape index (κ2) is 7.76. The number of methoxy groups -OCH3 is 1. The summed E-state index contributed by atoms with van der Waals surface area (Å²) >= 11 is 0. The minimum absolute atomic E-state index is 0.0803. The fourth-order valence-corrected chi connectivity index (χ4v) is 1.68. The predicted molar refractivity (Wildman–Crippen MR) is 72.3 cm³/mol. The highest BCUT2D eigenvalue weighted by molar-refractivity contribution is 5.71. The summed E-state index contributed by atoms with van der Waals surface area (Å²) in [5.41, 5.74) is 2.07. The van der Waals surface area contributed by atoms with E-state index in [1.807, 2.05) is 32.0 Å². The van der Waals surface area contributed by atoms with Gasteiger partial charge in [0.05, 0.1) is 13.7 Å². The Morgan fingerprint density at radius 1 is 1.37 bits per heavy atom. The number of carbonyl (C=O) groups is 1. The average molecular weight is 267 g/mol. The smallest absolute Gasteiger partial charge is 0.319 e. The number of nitrogens with one attached hydrogen (secondary N) is 1. The number of hydrogen-bond acceptors (Lipinski definition) is 5. The van der Waals surface area contributed by atoms with E-state index < -0.39 is 6.10 Å². The summed E-state index contributed by atoms with van der Waals surface area (Å²) in [6.45, 7) is 4.46. The van der Waals surface area contributed by atoms with Crippen molar-refractivity contribution in [2.45, 2.75) is 20.0 Å². The Hall–Kier alpha value is -1.59. The van der Waals surface area contributed by atoms with Crippen molar-refractivity contribution in [3.8, 4) is 5.75 Å². The summed E-state index contributed by atoms with van der Waals surface area (Å²) in [6.07, 6.45) is -0.677. The number of aliphatic hydroxyl groups is 1. The second-order valence-electron chi connectivity index (χ2n) is 4.39. The summed E-state index contributed by atoms with van der Waals surface area (Å²) in [6, 6.07) is 5.89. The molecular weight excluding hydrogens is 246 g/mol. The molecule has 0 saturated carbocycles. The molecule has 106 valence electrons. The third-order valence-corrected chi connectivity index (χ3v) is 2.71. The van der Waals surface area contributed by atoms with E-state index in [9.17, 15) is 9.90 Å². The highest BCUT2D eigenvalue weighted by atomic mass is 16.5. The van der Waals surface area contributed by atoms with Gasteiger partial charge in [0, 0.05) is 6.54 Å². The van der Waals surface area contributed by atoms with Crippen molar-refractivity contribution in [1.29, 1.82) is 0 Å². The molecule has 0 heterocycles. The zero-order chi connectivity index (χ0) is 14.3. The molecule has 0 saturated heterocycles. The summed E-state index contributed by atoms with van der Waals surface area (Å²) in [5, 5.41) is 12.5. The van der Waals surface area contributed by atoms with Crippen molar-refractivity contribution >= 4 is 5.97 Å². The van der Waals surface area contributed by atoms with Gasteiger partial charge in [-0.3, -0.25) is 4.79 Å². The van der Waals surface area contributed by atoms with E-state index in [4.69, 9.17) is 4.74 Å². The van der Waals surface area contributed by atoms with Crippen LogP contribution in [0.25, 0.3) is 0 Å². The van der Waals surface area contributed by atoms with Crippen LogP contribution >= 0.6 is 0 Å². The van der Waals surface area contributed by atoms with E-state index in [1.54, 1.807) is 0 Å². The average Bonchev–Trinajstić information content (AvgIpc) is 2.38. The van der Waals surface area contributed by atoms with Crippen LogP contribution in [0.3, 0.4) is 0 Å². The number of para-hydroxylation sites is 1. The molecule has 0 aromatic heterocycles. The van der Waals surface area contributed by atoms with E-state index >= 15 is 0 Å². The van der Waals surface area contributed by atoms with Crippen molar-refractivity contribution in [3.05, 3.63) is 29.3 Å². The molecular formula is C14H21NO4. The van der Waals surface area contributed by atoms with Crippen molar-refractivity contribution in [2.75, 3.05) is 26.8 Å². The van der Waals surface area contributed by atoms with Gasteiger partial charge in [0.2, 0.25) is 0 Å². The van der Waals surface area contributed by atoms with Crippen LogP contribution in [0.2, 0.25) is 0 Å². The van der Waals surface area contributed by atoms with Gasteiger partial charge in [-0.05, 0) is 25.0 Å². The number of carbonyl (C=O) groups excluding carboxylic acids is 1. The number of benzene rings is 1. The lowest BCUT2D eigenvalue weighted by atomic mass is 10.1. The van der Waals surface area contributed by atoms with Crippen LogP contribution in [0.5, 0.6) is 5.75 Å². The van der Waals surface area contributed by atoms with Crippen LogP contribution in [0, 0.1) is 13.8 Å². The zero-order valence-electron chi connectivity index (χ0n) is 11.6. The molecule has 5 heteroatoms. The molecule has 1 unspecified atom stereocenters. The van der Waals surface area contributed by atoms with Crippen molar-refractivity contribution in [2.24, 2.45) is 0 Å². The largest absolute Gasteiger partial charge is 0.490 e. The lowest BCUT2D eigenvalue weighted by Crippen LogP contribution is -2.34. The highest BCUT2D eigenvalue weighted by Crippen LogP contribution is 2.22. The summed E-state index contributed by atoms with van der Waals surface area (Å²) in [5.74, 6) is 0.442. The van der Waals surface area contributed by atoms with Gasteiger partial charge < -0.3 is 19.9 Å². The molecule has 0 aliphatic carbocycles. The first-order valence-electron chi connectivity index (χ1n) is 6.19. The minimum Gasteiger partial charge on any atom is -0.490 e. The fraction of sp³-hybridized carbons (Fsp3) is 0.500. The number of ether oxygens (including phenoxy) is 2. The van der Waals surface area contributed by atoms with Gasteiger partial charge >= 0.3 is 5.97 Å². The lowest BCUT2D eigenvalue weighted by molar-refractivity contribution is -0.139. The topological polar surface area (TPSA) is 67.8 Å². The Morgan fingerprint density at radius 3 is 2.58 bits per heavy atom. The number of hydrogen-bond donors (Lipinski definition) is 2. The molecule has 1 atom stereocenters. The Bertz CT molecular complexity index is 400. The first-order chi connectivity index (χ1) is 9.04. The Balaban J connectivity index is 2.34. The highest BCUT2D eigenvalue weighted by Gasteiger charge is 2.09. The van der Waals surface area contributed by atoms with Gasteiger partial charge in [-0.15, -0.1) is 0 Å². The van der Waals surface area contributed by atoms with Crippen LogP contribution in [0.1, 0.15) is 11.1 Å². The SMILES string of the molecule is COC(=O)CNCC(O)COc1c(C)cccc1C. The summed E-state index contributed by atoms with van der Waals surface area (Å²) in [4.78, 5) is 10.9. The molecule has 0 bridgehead atoms. The molecule has 0 aliphatic rings. The summed E-state index contributed by atoms with van der Waals surface area (Å²) < 4.78 is 10.1. The molecule has 19 heavy (non-hydrogen) atoms. The van der Waals surface area contributed by atoms with Crippen molar-refractivity contribution < 1.29 is 19.4 Å². The molecule has 0 fully saturated rings. The molecule has 0 amide bonds. The molecule has 0 spiro atoms. The lowest BCUT2D eigenvalue weighted by Gasteiger charge is -2.15. The van der Waals surface area contributed by atoms with Gasteiger partial charge in [0.1, 0.15) is 18.5 Å². The third-order valence-electron chi connectivity index (χ3n) is 2.71. The van der Waals surface area contributed by atoms with E-state index in [0.717, 1.165) is 16.9 Å². The third kappa shape index (κ3) is 5.28. The molecule has 0 aliphatic heterocycles. The number of aliphatic hydroxyl groups excluding tert-OH is 1. The fourth-order valence-electron chi connectivity index (χ4n) is 1.68. The maximum absolute atomic E-state index is 10.9. The second-order valence-corrected chi connectivity index (χ2v) is 4.39. The predicted octanol–water partition coefficient (Wildman–Crippen LogP) is 0.806. The Morgan fingerprint density at radius 2 is 2.00 bits per heavy atom. The standard InChI is InChI=1S/C14H21NO4/c1-10-5-4-6-11(2)14(10)19-9-12(16)7-15-8-13(17)18-3/h4-6,12,15-16H,7-9H2,1-3H3. The van der Waals surface area contributed by atoms with Crippen molar-refractivity contribution in [1.82, 2.24) is 5.32 Å².